The number of benzene rings is 2. The van der Waals surface area contributed by atoms with Crippen molar-refractivity contribution in [2.24, 2.45) is 5.73 Å². The molecule has 2 aromatic rings. The minimum Gasteiger partial charge on any atom is -0.378 e. The van der Waals surface area contributed by atoms with E-state index in [0.717, 1.165) is 12.0 Å². The molecule has 0 saturated heterocycles. The fraction of sp³-hybridized carbons (Fsp3) is 0.235. The van der Waals surface area contributed by atoms with Gasteiger partial charge in [-0.05, 0) is 42.7 Å². The van der Waals surface area contributed by atoms with Crippen LogP contribution in [0.5, 0.6) is 0 Å². The lowest BCUT2D eigenvalue weighted by molar-refractivity contribution is 0.0996. The average molecular weight is 286 g/mol. The highest BCUT2D eigenvalue weighted by atomic mass is 19.1. The number of carbonyl (C=O) groups excluding carboxylic acids is 1. The van der Waals surface area contributed by atoms with Crippen LogP contribution in [0.15, 0.2) is 42.5 Å². The van der Waals surface area contributed by atoms with Gasteiger partial charge in [0.25, 0.3) is 5.91 Å². The number of aryl methyl sites for hydroxylation is 1. The first-order valence-electron chi connectivity index (χ1n) is 6.96. The van der Waals surface area contributed by atoms with Crippen molar-refractivity contribution in [3.8, 4) is 0 Å². The highest BCUT2D eigenvalue weighted by Crippen LogP contribution is 2.21. The molecule has 110 valence electrons. The molecule has 3 N–H and O–H groups in total. The van der Waals surface area contributed by atoms with Crippen LogP contribution in [0, 0.1) is 5.82 Å². The molecule has 0 aromatic heterocycles. The van der Waals surface area contributed by atoms with Gasteiger partial charge in [-0.3, -0.25) is 4.79 Å². The molecular formula is C17H19FN2O. The predicted octanol–water partition coefficient (Wildman–Crippen LogP) is 3.66. The van der Waals surface area contributed by atoms with Gasteiger partial charge in [-0.25, -0.2) is 4.39 Å². The summed E-state index contributed by atoms with van der Waals surface area (Å²) in [6.45, 7) is 4.12. The van der Waals surface area contributed by atoms with E-state index in [0.29, 0.717) is 5.69 Å². The van der Waals surface area contributed by atoms with Crippen LogP contribution >= 0.6 is 0 Å². The summed E-state index contributed by atoms with van der Waals surface area (Å²) in [6.07, 6.45) is 1.00. The third-order valence-electron chi connectivity index (χ3n) is 3.50. The van der Waals surface area contributed by atoms with Gasteiger partial charge in [0.15, 0.2) is 0 Å². The van der Waals surface area contributed by atoms with Crippen molar-refractivity contribution >= 4 is 11.6 Å². The van der Waals surface area contributed by atoms with Gasteiger partial charge in [0.2, 0.25) is 0 Å². The zero-order valence-electron chi connectivity index (χ0n) is 12.2. The standard InChI is InChI=1S/C17H19FN2O/c1-3-12-4-6-13(7-5-12)11(2)20-14-8-9-16(18)15(10-14)17(19)21/h4-11,20H,3H2,1-2H3,(H2,19,21). The summed E-state index contributed by atoms with van der Waals surface area (Å²) in [4.78, 5) is 11.2. The lowest BCUT2D eigenvalue weighted by Crippen LogP contribution is -2.14. The van der Waals surface area contributed by atoms with Crippen LogP contribution in [0.25, 0.3) is 0 Å². The summed E-state index contributed by atoms with van der Waals surface area (Å²) in [5.41, 5.74) is 8.12. The van der Waals surface area contributed by atoms with Crippen LogP contribution in [0.4, 0.5) is 10.1 Å². The molecule has 0 fully saturated rings. The lowest BCUT2D eigenvalue weighted by atomic mass is 10.0. The molecule has 0 aliphatic heterocycles. The Morgan fingerprint density at radius 2 is 1.90 bits per heavy atom. The maximum absolute atomic E-state index is 13.4. The van der Waals surface area contributed by atoms with Crippen molar-refractivity contribution in [1.82, 2.24) is 0 Å². The van der Waals surface area contributed by atoms with Crippen LogP contribution in [0.2, 0.25) is 0 Å². The molecule has 0 spiro atoms. The molecule has 0 bridgehead atoms. The number of hydrogen-bond donors (Lipinski definition) is 2. The molecule has 3 nitrogen and oxygen atoms in total. The number of hydrogen-bond acceptors (Lipinski definition) is 2. The Morgan fingerprint density at radius 1 is 1.24 bits per heavy atom. The van der Waals surface area contributed by atoms with E-state index in [9.17, 15) is 9.18 Å². The number of nitrogens with one attached hydrogen (secondary N) is 1. The highest BCUT2D eigenvalue weighted by Gasteiger charge is 2.11. The van der Waals surface area contributed by atoms with Crippen molar-refractivity contribution in [3.05, 3.63) is 65.0 Å². The SMILES string of the molecule is CCc1ccc(C(C)Nc2ccc(F)c(C(N)=O)c2)cc1. The second kappa shape index (κ2) is 6.39. The Labute approximate surface area is 124 Å². The fourth-order valence-electron chi connectivity index (χ4n) is 2.18. The molecule has 0 aliphatic rings. The van der Waals surface area contributed by atoms with Crippen molar-refractivity contribution < 1.29 is 9.18 Å². The second-order valence-corrected chi connectivity index (χ2v) is 5.02. The van der Waals surface area contributed by atoms with E-state index in [1.54, 1.807) is 6.07 Å². The molecule has 0 radical (unpaired) electrons. The van der Waals surface area contributed by atoms with Gasteiger partial charge in [-0.2, -0.15) is 0 Å². The van der Waals surface area contributed by atoms with E-state index >= 15 is 0 Å². The van der Waals surface area contributed by atoms with E-state index in [-0.39, 0.29) is 11.6 Å². The third kappa shape index (κ3) is 3.60. The maximum Gasteiger partial charge on any atom is 0.251 e. The monoisotopic (exact) mass is 286 g/mol. The predicted molar refractivity (Wildman–Crippen MR) is 82.8 cm³/mol. The third-order valence-corrected chi connectivity index (χ3v) is 3.50. The molecule has 1 amide bonds. The van der Waals surface area contributed by atoms with Crippen LogP contribution < -0.4 is 11.1 Å². The summed E-state index contributed by atoms with van der Waals surface area (Å²) in [5, 5.41) is 3.24. The molecule has 0 saturated carbocycles. The Hall–Kier alpha value is -2.36. The quantitative estimate of drug-likeness (QED) is 0.881. The largest absolute Gasteiger partial charge is 0.378 e. The molecule has 2 rings (SSSR count). The summed E-state index contributed by atoms with van der Waals surface area (Å²) >= 11 is 0. The van der Waals surface area contributed by atoms with Gasteiger partial charge >= 0.3 is 0 Å². The van der Waals surface area contributed by atoms with Gasteiger partial charge in [-0.1, -0.05) is 31.2 Å². The van der Waals surface area contributed by atoms with Crippen molar-refractivity contribution in [3.63, 3.8) is 0 Å². The number of anilines is 1. The first-order valence-corrected chi connectivity index (χ1v) is 6.96. The normalized spacial score (nSPS) is 12.0. The highest BCUT2D eigenvalue weighted by molar-refractivity contribution is 5.94. The number of nitrogens with two attached hydrogens (primary N) is 1. The molecule has 1 atom stereocenters. The van der Waals surface area contributed by atoms with Crippen LogP contribution in [-0.2, 0) is 6.42 Å². The molecular weight excluding hydrogens is 267 g/mol. The Kier molecular flexibility index (Phi) is 4.58. The van der Waals surface area contributed by atoms with Crippen LogP contribution in [0.1, 0.15) is 41.4 Å². The smallest absolute Gasteiger partial charge is 0.251 e. The zero-order chi connectivity index (χ0) is 15.4. The van der Waals surface area contributed by atoms with Gasteiger partial charge in [0, 0.05) is 11.7 Å². The number of halogens is 1. The zero-order valence-corrected chi connectivity index (χ0v) is 12.2. The molecule has 0 aliphatic carbocycles. The molecule has 1 unspecified atom stereocenters. The number of primary amides is 1. The lowest BCUT2D eigenvalue weighted by Gasteiger charge is -2.16. The van der Waals surface area contributed by atoms with Gasteiger partial charge in [0.05, 0.1) is 5.56 Å². The minimum absolute atomic E-state index is 0.0436. The summed E-state index contributed by atoms with van der Waals surface area (Å²) in [5.74, 6) is -1.37. The minimum atomic E-state index is -0.767. The number of rotatable bonds is 5. The van der Waals surface area contributed by atoms with Crippen LogP contribution in [0.3, 0.4) is 0 Å². The first-order chi connectivity index (χ1) is 10.0. The Morgan fingerprint density at radius 3 is 2.48 bits per heavy atom. The topological polar surface area (TPSA) is 55.1 Å². The van der Waals surface area contributed by atoms with E-state index < -0.39 is 11.7 Å². The van der Waals surface area contributed by atoms with Crippen molar-refractivity contribution in [2.75, 3.05) is 5.32 Å². The van der Waals surface area contributed by atoms with E-state index in [1.807, 2.05) is 6.92 Å². The van der Waals surface area contributed by atoms with Crippen molar-refractivity contribution in [2.45, 2.75) is 26.3 Å². The number of amides is 1. The van der Waals surface area contributed by atoms with E-state index in [2.05, 4.69) is 36.5 Å². The van der Waals surface area contributed by atoms with Gasteiger partial charge < -0.3 is 11.1 Å². The molecule has 21 heavy (non-hydrogen) atoms. The maximum atomic E-state index is 13.4. The van der Waals surface area contributed by atoms with Gasteiger partial charge in [0.1, 0.15) is 5.82 Å². The second-order valence-electron chi connectivity index (χ2n) is 5.02. The summed E-state index contributed by atoms with van der Waals surface area (Å²) in [6, 6.07) is 12.6. The van der Waals surface area contributed by atoms with Crippen LogP contribution in [-0.4, -0.2) is 5.91 Å². The molecule has 4 heteroatoms. The summed E-state index contributed by atoms with van der Waals surface area (Å²) in [7, 11) is 0. The molecule has 2 aromatic carbocycles. The average Bonchev–Trinajstić information content (AvgIpc) is 2.49. The van der Waals surface area contributed by atoms with Gasteiger partial charge in [-0.15, -0.1) is 0 Å². The first kappa shape index (κ1) is 15.0. The fourth-order valence-corrected chi connectivity index (χ4v) is 2.18. The van der Waals surface area contributed by atoms with E-state index in [4.69, 9.17) is 5.73 Å². The van der Waals surface area contributed by atoms with E-state index in [1.165, 1.54) is 17.7 Å². The van der Waals surface area contributed by atoms with Crippen molar-refractivity contribution in [1.29, 1.82) is 0 Å². The Bertz CT molecular complexity index is 638. The Balaban J connectivity index is 2.16. The number of carbonyl (C=O) groups is 1. The summed E-state index contributed by atoms with van der Waals surface area (Å²) < 4.78 is 13.4. The molecule has 0 heterocycles.